The largest absolute Gasteiger partial charge is 0.493 e. The molecule has 2 atom stereocenters. The van der Waals surface area contributed by atoms with Crippen LogP contribution in [-0.2, 0) is 16.4 Å². The number of nitrogens with one attached hydrogen (secondary N) is 1. The second-order valence-corrected chi connectivity index (χ2v) is 8.09. The Morgan fingerprint density at radius 1 is 1.29 bits per heavy atom. The first kappa shape index (κ1) is 13.5. The molecule has 2 saturated heterocycles. The van der Waals surface area contributed by atoms with Gasteiger partial charge in [-0.2, -0.15) is 4.31 Å². The molecule has 0 amide bonds. The maximum absolute atomic E-state index is 12.8. The highest BCUT2D eigenvalue weighted by Gasteiger charge is 2.40. The average Bonchev–Trinajstić information content (AvgIpc) is 3.13. The first-order valence-corrected chi connectivity index (χ1v) is 9.08. The van der Waals surface area contributed by atoms with Crippen molar-refractivity contribution in [3.63, 3.8) is 0 Å². The van der Waals surface area contributed by atoms with Crippen molar-refractivity contribution in [1.29, 1.82) is 0 Å². The molecular formula is C15H20N2O3S. The minimum Gasteiger partial charge on any atom is -0.493 e. The number of sulfonamides is 1. The van der Waals surface area contributed by atoms with Crippen molar-refractivity contribution < 1.29 is 13.2 Å². The van der Waals surface area contributed by atoms with Crippen LogP contribution in [0.15, 0.2) is 23.1 Å². The molecule has 1 N–H and O–H groups in total. The summed E-state index contributed by atoms with van der Waals surface area (Å²) in [6, 6.07) is 5.57. The summed E-state index contributed by atoms with van der Waals surface area (Å²) < 4.78 is 32.8. The molecule has 3 heterocycles. The van der Waals surface area contributed by atoms with E-state index in [1.165, 1.54) is 0 Å². The van der Waals surface area contributed by atoms with Crippen LogP contribution in [0.5, 0.6) is 5.75 Å². The molecule has 0 bridgehead atoms. The third-order valence-electron chi connectivity index (χ3n) is 4.86. The number of fused-ring (bicyclic) bond motifs is 2. The summed E-state index contributed by atoms with van der Waals surface area (Å²) in [5, 5.41) is 3.45. The van der Waals surface area contributed by atoms with Crippen molar-refractivity contribution >= 4 is 10.0 Å². The number of rotatable bonds is 2. The van der Waals surface area contributed by atoms with E-state index < -0.39 is 10.0 Å². The topological polar surface area (TPSA) is 58.6 Å². The first-order valence-electron chi connectivity index (χ1n) is 7.64. The van der Waals surface area contributed by atoms with Gasteiger partial charge in [-0.3, -0.25) is 0 Å². The highest BCUT2D eigenvalue weighted by atomic mass is 32.2. The second-order valence-electron chi connectivity index (χ2n) is 6.15. The smallest absolute Gasteiger partial charge is 0.243 e. The van der Waals surface area contributed by atoms with Crippen LogP contribution in [0.25, 0.3) is 0 Å². The van der Waals surface area contributed by atoms with E-state index in [9.17, 15) is 8.42 Å². The summed E-state index contributed by atoms with van der Waals surface area (Å²) in [4.78, 5) is 0.408. The molecule has 2 fully saturated rings. The van der Waals surface area contributed by atoms with Crippen LogP contribution in [0, 0.1) is 5.92 Å². The van der Waals surface area contributed by atoms with Crippen molar-refractivity contribution in [3.8, 4) is 5.75 Å². The van der Waals surface area contributed by atoms with Crippen molar-refractivity contribution in [2.45, 2.75) is 30.2 Å². The Morgan fingerprint density at radius 2 is 2.19 bits per heavy atom. The zero-order chi connectivity index (χ0) is 14.4. The lowest BCUT2D eigenvalue weighted by atomic mass is 9.94. The number of piperidine rings is 1. The standard InChI is InChI=1S/C15H20N2O3S/c18-21(19,13-3-4-15-11(8-13)5-7-20-15)17-9-12-2-1-6-16-14(12)10-17/h3-4,8,12,14,16H,1-2,5-7,9-10H2. The first-order chi connectivity index (χ1) is 10.1. The molecule has 4 rings (SSSR count). The molecule has 6 heteroatoms. The van der Waals surface area contributed by atoms with Crippen LogP contribution in [0.3, 0.4) is 0 Å². The summed E-state index contributed by atoms with van der Waals surface area (Å²) in [6.45, 7) is 2.90. The Hall–Kier alpha value is -1.11. The van der Waals surface area contributed by atoms with Crippen LogP contribution in [-0.4, -0.2) is 45.0 Å². The van der Waals surface area contributed by atoms with Gasteiger partial charge in [0.1, 0.15) is 5.75 Å². The van der Waals surface area contributed by atoms with Crippen molar-refractivity contribution in [2.24, 2.45) is 5.92 Å². The third kappa shape index (κ3) is 2.25. The normalized spacial score (nSPS) is 29.0. The van der Waals surface area contributed by atoms with Gasteiger partial charge in [0.25, 0.3) is 0 Å². The van der Waals surface area contributed by atoms with Crippen LogP contribution in [0.4, 0.5) is 0 Å². The number of nitrogens with zero attached hydrogens (tertiary/aromatic N) is 1. The van der Waals surface area contributed by atoms with Crippen LogP contribution < -0.4 is 10.1 Å². The van der Waals surface area contributed by atoms with E-state index in [4.69, 9.17) is 4.74 Å². The number of hydrogen-bond donors (Lipinski definition) is 1. The van der Waals surface area contributed by atoms with E-state index in [0.717, 1.165) is 37.1 Å². The molecule has 0 aromatic heterocycles. The molecule has 1 aromatic carbocycles. The fourth-order valence-electron chi connectivity index (χ4n) is 3.68. The SMILES string of the molecule is O=S(=O)(c1ccc2c(c1)CCO2)N1CC2CCCNC2C1. The van der Waals surface area contributed by atoms with Gasteiger partial charge >= 0.3 is 0 Å². The molecule has 114 valence electrons. The Bertz CT molecular complexity index is 645. The van der Waals surface area contributed by atoms with Gasteiger partial charge in [0, 0.05) is 25.6 Å². The molecule has 3 aliphatic heterocycles. The van der Waals surface area contributed by atoms with Crippen molar-refractivity contribution in [2.75, 3.05) is 26.2 Å². The summed E-state index contributed by atoms with van der Waals surface area (Å²) in [5.74, 6) is 1.29. The lowest BCUT2D eigenvalue weighted by Crippen LogP contribution is -2.41. The quantitative estimate of drug-likeness (QED) is 0.885. The fourth-order valence-corrected chi connectivity index (χ4v) is 5.25. The van der Waals surface area contributed by atoms with Gasteiger partial charge in [-0.25, -0.2) is 8.42 Å². The minimum atomic E-state index is -3.38. The summed E-state index contributed by atoms with van der Waals surface area (Å²) in [7, 11) is -3.38. The Labute approximate surface area is 125 Å². The molecule has 21 heavy (non-hydrogen) atoms. The van der Waals surface area contributed by atoms with E-state index in [2.05, 4.69) is 5.32 Å². The van der Waals surface area contributed by atoms with Crippen molar-refractivity contribution in [3.05, 3.63) is 23.8 Å². The molecule has 1 aromatic rings. The molecule has 0 spiro atoms. The van der Waals surface area contributed by atoms with Gasteiger partial charge in [0.05, 0.1) is 11.5 Å². The summed E-state index contributed by atoms with van der Waals surface area (Å²) in [6.07, 6.45) is 3.07. The molecule has 5 nitrogen and oxygen atoms in total. The molecule has 2 unspecified atom stereocenters. The summed E-state index contributed by atoms with van der Waals surface area (Å²) in [5.41, 5.74) is 1.01. The number of benzene rings is 1. The maximum atomic E-state index is 12.8. The number of ether oxygens (including phenoxy) is 1. The van der Waals surface area contributed by atoms with Crippen LogP contribution in [0.2, 0.25) is 0 Å². The van der Waals surface area contributed by atoms with Crippen LogP contribution in [0.1, 0.15) is 18.4 Å². The molecule has 0 aliphatic carbocycles. The van der Waals surface area contributed by atoms with Crippen LogP contribution >= 0.6 is 0 Å². The molecule has 0 saturated carbocycles. The third-order valence-corrected chi connectivity index (χ3v) is 6.69. The molecule has 0 radical (unpaired) electrons. The lowest BCUT2D eigenvalue weighted by molar-refractivity contribution is 0.339. The van der Waals surface area contributed by atoms with E-state index in [1.807, 2.05) is 0 Å². The second kappa shape index (κ2) is 4.97. The average molecular weight is 308 g/mol. The zero-order valence-corrected chi connectivity index (χ0v) is 12.7. The zero-order valence-electron chi connectivity index (χ0n) is 11.9. The van der Waals surface area contributed by atoms with Gasteiger partial charge in [0.2, 0.25) is 10.0 Å². The molecular weight excluding hydrogens is 288 g/mol. The van der Waals surface area contributed by atoms with Gasteiger partial charge in [0.15, 0.2) is 0 Å². The van der Waals surface area contributed by atoms with Gasteiger partial charge in [-0.15, -0.1) is 0 Å². The van der Waals surface area contributed by atoms with E-state index >= 15 is 0 Å². The lowest BCUT2D eigenvalue weighted by Gasteiger charge is -2.24. The van der Waals surface area contributed by atoms with Crippen molar-refractivity contribution in [1.82, 2.24) is 9.62 Å². The fraction of sp³-hybridized carbons (Fsp3) is 0.600. The minimum absolute atomic E-state index is 0.325. The van der Waals surface area contributed by atoms with E-state index in [-0.39, 0.29) is 0 Å². The van der Waals surface area contributed by atoms with Gasteiger partial charge in [-0.1, -0.05) is 0 Å². The van der Waals surface area contributed by atoms with E-state index in [0.29, 0.717) is 36.6 Å². The number of hydrogen-bond acceptors (Lipinski definition) is 4. The Balaban J connectivity index is 1.61. The highest BCUT2D eigenvalue weighted by molar-refractivity contribution is 7.89. The predicted molar refractivity (Wildman–Crippen MR) is 78.9 cm³/mol. The van der Waals surface area contributed by atoms with E-state index in [1.54, 1.807) is 22.5 Å². The highest BCUT2D eigenvalue weighted by Crippen LogP contribution is 2.32. The monoisotopic (exact) mass is 308 g/mol. The maximum Gasteiger partial charge on any atom is 0.243 e. The summed E-state index contributed by atoms with van der Waals surface area (Å²) >= 11 is 0. The Kier molecular flexibility index (Phi) is 3.20. The molecule has 3 aliphatic rings. The Morgan fingerprint density at radius 3 is 3.05 bits per heavy atom. The van der Waals surface area contributed by atoms with Gasteiger partial charge < -0.3 is 10.1 Å². The predicted octanol–water partition coefficient (Wildman–Crippen LogP) is 0.994. The van der Waals surface area contributed by atoms with Gasteiger partial charge in [-0.05, 0) is 49.1 Å².